The number of anilines is 1. The second-order valence-corrected chi connectivity index (χ2v) is 5.70. The molecule has 0 radical (unpaired) electrons. The number of hydrogen-bond acceptors (Lipinski definition) is 2. The number of rotatable bonds is 4. The lowest BCUT2D eigenvalue weighted by Gasteiger charge is -2.36. The van der Waals surface area contributed by atoms with Crippen molar-refractivity contribution in [2.45, 2.75) is 51.1 Å². The lowest BCUT2D eigenvalue weighted by molar-refractivity contribution is 0.163. The molecule has 0 atom stereocenters. The number of hydrogen-bond donors (Lipinski definition) is 2. The Balaban J connectivity index is 1.99. The SMILES string of the molecule is CCCN(C(=O)Nc1ccc(F)cc1)C1CCC(N)CC1. The fourth-order valence-corrected chi connectivity index (χ4v) is 2.83. The predicted molar refractivity (Wildman–Crippen MR) is 82.6 cm³/mol. The van der Waals surface area contributed by atoms with Crippen molar-refractivity contribution in [2.24, 2.45) is 5.73 Å². The van der Waals surface area contributed by atoms with Crippen LogP contribution in [0.4, 0.5) is 14.9 Å². The maximum absolute atomic E-state index is 12.9. The summed E-state index contributed by atoms with van der Waals surface area (Å²) in [6, 6.07) is 6.26. The van der Waals surface area contributed by atoms with Gasteiger partial charge in [0.2, 0.25) is 0 Å². The largest absolute Gasteiger partial charge is 0.328 e. The molecule has 21 heavy (non-hydrogen) atoms. The van der Waals surface area contributed by atoms with Gasteiger partial charge in [-0.2, -0.15) is 0 Å². The maximum atomic E-state index is 12.9. The Morgan fingerprint density at radius 2 is 1.90 bits per heavy atom. The molecule has 5 heteroatoms. The molecule has 3 N–H and O–H groups in total. The van der Waals surface area contributed by atoms with Crippen LogP contribution in [-0.2, 0) is 0 Å². The van der Waals surface area contributed by atoms with Crippen molar-refractivity contribution in [3.05, 3.63) is 30.1 Å². The number of carbonyl (C=O) groups excluding carboxylic acids is 1. The van der Waals surface area contributed by atoms with Crippen LogP contribution >= 0.6 is 0 Å². The number of amides is 2. The molecule has 1 saturated carbocycles. The van der Waals surface area contributed by atoms with E-state index in [9.17, 15) is 9.18 Å². The molecule has 2 amide bonds. The van der Waals surface area contributed by atoms with Crippen molar-refractivity contribution in [3.8, 4) is 0 Å². The summed E-state index contributed by atoms with van der Waals surface area (Å²) in [6.45, 7) is 2.79. The maximum Gasteiger partial charge on any atom is 0.322 e. The Labute approximate surface area is 125 Å². The van der Waals surface area contributed by atoms with E-state index < -0.39 is 0 Å². The first-order chi connectivity index (χ1) is 10.1. The lowest BCUT2D eigenvalue weighted by Crippen LogP contribution is -2.46. The fourth-order valence-electron chi connectivity index (χ4n) is 2.83. The van der Waals surface area contributed by atoms with Gasteiger partial charge in [0.25, 0.3) is 0 Å². The van der Waals surface area contributed by atoms with Gasteiger partial charge in [0.05, 0.1) is 0 Å². The molecule has 116 valence electrons. The van der Waals surface area contributed by atoms with Crippen LogP contribution in [0.1, 0.15) is 39.0 Å². The van der Waals surface area contributed by atoms with Gasteiger partial charge in [-0.15, -0.1) is 0 Å². The summed E-state index contributed by atoms with van der Waals surface area (Å²) in [5, 5.41) is 2.85. The minimum absolute atomic E-state index is 0.107. The zero-order valence-corrected chi connectivity index (χ0v) is 12.5. The van der Waals surface area contributed by atoms with Gasteiger partial charge in [0.1, 0.15) is 5.82 Å². The van der Waals surface area contributed by atoms with E-state index in [1.807, 2.05) is 4.90 Å². The van der Waals surface area contributed by atoms with Gasteiger partial charge in [-0.25, -0.2) is 9.18 Å². The third kappa shape index (κ3) is 4.43. The number of carbonyl (C=O) groups is 1. The first-order valence-corrected chi connectivity index (χ1v) is 7.69. The van der Waals surface area contributed by atoms with E-state index >= 15 is 0 Å². The Kier molecular flexibility index (Phi) is 5.56. The number of urea groups is 1. The fraction of sp³-hybridized carbons (Fsp3) is 0.562. The molecule has 0 aromatic heterocycles. The van der Waals surface area contributed by atoms with E-state index in [-0.39, 0.29) is 23.9 Å². The number of nitrogens with one attached hydrogen (secondary N) is 1. The first kappa shape index (κ1) is 15.8. The van der Waals surface area contributed by atoms with Crippen molar-refractivity contribution >= 4 is 11.7 Å². The Morgan fingerprint density at radius 3 is 2.48 bits per heavy atom. The number of nitrogens with zero attached hydrogens (tertiary/aromatic N) is 1. The summed E-state index contributed by atoms with van der Waals surface area (Å²) >= 11 is 0. The Hall–Kier alpha value is -1.62. The second-order valence-electron chi connectivity index (χ2n) is 5.70. The van der Waals surface area contributed by atoms with Crippen LogP contribution in [0.3, 0.4) is 0 Å². The van der Waals surface area contributed by atoms with Crippen LogP contribution in [-0.4, -0.2) is 29.6 Å². The second kappa shape index (κ2) is 7.41. The number of nitrogens with two attached hydrogens (primary N) is 1. The highest BCUT2D eigenvalue weighted by atomic mass is 19.1. The average Bonchev–Trinajstić information content (AvgIpc) is 2.48. The quantitative estimate of drug-likeness (QED) is 0.894. The minimum atomic E-state index is -0.306. The first-order valence-electron chi connectivity index (χ1n) is 7.69. The van der Waals surface area contributed by atoms with Gasteiger partial charge in [-0.1, -0.05) is 6.92 Å². The molecule has 0 heterocycles. The average molecular weight is 293 g/mol. The van der Waals surface area contributed by atoms with Crippen molar-refractivity contribution in [3.63, 3.8) is 0 Å². The van der Waals surface area contributed by atoms with E-state index in [2.05, 4.69) is 12.2 Å². The normalized spacial score (nSPS) is 21.9. The molecule has 0 saturated heterocycles. The van der Waals surface area contributed by atoms with Gasteiger partial charge in [0, 0.05) is 24.3 Å². The van der Waals surface area contributed by atoms with E-state index in [0.717, 1.165) is 38.6 Å². The molecule has 1 aliphatic rings. The highest BCUT2D eigenvalue weighted by Gasteiger charge is 2.27. The molecule has 1 aliphatic carbocycles. The minimum Gasteiger partial charge on any atom is -0.328 e. The van der Waals surface area contributed by atoms with Crippen molar-refractivity contribution < 1.29 is 9.18 Å². The molecule has 0 aliphatic heterocycles. The lowest BCUT2D eigenvalue weighted by atomic mass is 9.91. The predicted octanol–water partition coefficient (Wildman–Crippen LogP) is 3.34. The number of benzene rings is 1. The van der Waals surface area contributed by atoms with Gasteiger partial charge < -0.3 is 16.0 Å². The Morgan fingerprint density at radius 1 is 1.29 bits per heavy atom. The van der Waals surface area contributed by atoms with Crippen LogP contribution < -0.4 is 11.1 Å². The summed E-state index contributed by atoms with van der Waals surface area (Å²) in [6.07, 6.45) is 4.76. The molecule has 0 spiro atoms. The molecule has 2 rings (SSSR count). The molecule has 1 fully saturated rings. The van der Waals surface area contributed by atoms with Gasteiger partial charge in [0.15, 0.2) is 0 Å². The van der Waals surface area contributed by atoms with Gasteiger partial charge >= 0.3 is 6.03 Å². The smallest absolute Gasteiger partial charge is 0.322 e. The van der Waals surface area contributed by atoms with Crippen molar-refractivity contribution in [1.29, 1.82) is 0 Å². The summed E-state index contributed by atoms with van der Waals surface area (Å²) in [7, 11) is 0. The van der Waals surface area contributed by atoms with E-state index in [1.54, 1.807) is 12.1 Å². The summed E-state index contributed by atoms with van der Waals surface area (Å²) in [4.78, 5) is 14.4. The van der Waals surface area contributed by atoms with Gasteiger partial charge in [-0.3, -0.25) is 0 Å². The van der Waals surface area contributed by atoms with E-state index in [0.29, 0.717) is 5.69 Å². The molecular weight excluding hydrogens is 269 g/mol. The van der Waals surface area contributed by atoms with Crippen molar-refractivity contribution in [1.82, 2.24) is 4.90 Å². The van der Waals surface area contributed by atoms with E-state index in [1.165, 1.54) is 12.1 Å². The molecule has 1 aromatic rings. The zero-order valence-electron chi connectivity index (χ0n) is 12.5. The van der Waals surface area contributed by atoms with Crippen LogP contribution in [0.25, 0.3) is 0 Å². The van der Waals surface area contributed by atoms with Crippen LogP contribution in [0.2, 0.25) is 0 Å². The molecule has 0 unspecified atom stereocenters. The summed E-state index contributed by atoms with van der Waals surface area (Å²) in [5.74, 6) is -0.306. The topological polar surface area (TPSA) is 58.4 Å². The van der Waals surface area contributed by atoms with Crippen LogP contribution in [0, 0.1) is 5.82 Å². The Bertz CT molecular complexity index is 455. The number of halogens is 1. The third-order valence-corrected chi connectivity index (χ3v) is 4.00. The molecule has 4 nitrogen and oxygen atoms in total. The van der Waals surface area contributed by atoms with Crippen LogP contribution in [0.15, 0.2) is 24.3 Å². The highest BCUT2D eigenvalue weighted by Crippen LogP contribution is 2.23. The monoisotopic (exact) mass is 293 g/mol. The highest BCUT2D eigenvalue weighted by molar-refractivity contribution is 5.89. The summed E-state index contributed by atoms with van der Waals surface area (Å²) in [5.41, 5.74) is 6.55. The zero-order chi connectivity index (χ0) is 15.2. The van der Waals surface area contributed by atoms with Crippen LogP contribution in [0.5, 0.6) is 0 Å². The molecule has 1 aromatic carbocycles. The van der Waals surface area contributed by atoms with Gasteiger partial charge in [-0.05, 0) is 56.4 Å². The molecule has 0 bridgehead atoms. The standard InChI is InChI=1S/C16H24FN3O/c1-2-11-20(15-9-5-13(18)6-10-15)16(21)19-14-7-3-12(17)4-8-14/h3-4,7-8,13,15H,2,5-6,9-11,18H2,1H3,(H,19,21). The van der Waals surface area contributed by atoms with Crippen molar-refractivity contribution in [2.75, 3.05) is 11.9 Å². The molecular formula is C16H24FN3O. The third-order valence-electron chi connectivity index (χ3n) is 4.00. The summed E-state index contributed by atoms with van der Waals surface area (Å²) < 4.78 is 12.9. The van der Waals surface area contributed by atoms with E-state index in [4.69, 9.17) is 5.73 Å².